The minimum atomic E-state index is 0.519. The molecule has 108 valence electrons. The number of fused-ring (bicyclic) bond motifs is 1. The molecule has 1 aliphatic rings. The second kappa shape index (κ2) is 5.58. The van der Waals surface area contributed by atoms with Crippen LogP contribution in [-0.2, 0) is 6.54 Å². The summed E-state index contributed by atoms with van der Waals surface area (Å²) >= 11 is 0. The molecule has 3 heteroatoms. The molecule has 1 saturated heterocycles. The molecule has 0 bridgehead atoms. The van der Waals surface area contributed by atoms with Gasteiger partial charge in [-0.3, -0.25) is 4.90 Å². The number of nitrogens with one attached hydrogen (secondary N) is 1. The fourth-order valence-electron chi connectivity index (χ4n) is 3.12. The van der Waals surface area contributed by atoms with E-state index in [0.29, 0.717) is 6.04 Å². The highest BCUT2D eigenvalue weighted by Gasteiger charge is 2.12. The molecule has 0 atom stereocenters. The van der Waals surface area contributed by atoms with E-state index in [0.717, 1.165) is 32.7 Å². The number of benzene rings is 1. The Morgan fingerprint density at radius 2 is 1.95 bits per heavy atom. The molecule has 3 nitrogen and oxygen atoms in total. The highest BCUT2D eigenvalue weighted by atomic mass is 15.2. The standard InChI is InChI=1S/C17H25N3/c1-13(2)20-11-14(3)16-10-15(4-5-17(16)20)12-19-8-6-18-7-9-19/h4-5,10-11,13,18H,6-9,12H2,1-3H3. The van der Waals surface area contributed by atoms with Crippen LogP contribution in [-0.4, -0.2) is 35.6 Å². The Hall–Kier alpha value is -1.32. The average Bonchev–Trinajstić information content (AvgIpc) is 2.77. The summed E-state index contributed by atoms with van der Waals surface area (Å²) in [4.78, 5) is 2.53. The lowest BCUT2D eigenvalue weighted by Gasteiger charge is -2.27. The second-order valence-electron chi connectivity index (χ2n) is 6.19. The van der Waals surface area contributed by atoms with Gasteiger partial charge >= 0.3 is 0 Å². The molecule has 3 rings (SSSR count). The maximum Gasteiger partial charge on any atom is 0.0485 e. The fraction of sp³-hybridized carbons (Fsp3) is 0.529. The van der Waals surface area contributed by atoms with Gasteiger partial charge in [0.25, 0.3) is 0 Å². The van der Waals surface area contributed by atoms with Crippen molar-refractivity contribution < 1.29 is 0 Å². The van der Waals surface area contributed by atoms with Crippen molar-refractivity contribution in [3.63, 3.8) is 0 Å². The Morgan fingerprint density at radius 3 is 2.65 bits per heavy atom. The van der Waals surface area contributed by atoms with Gasteiger partial charge in [-0.15, -0.1) is 0 Å². The number of piperazine rings is 1. The molecule has 1 N–H and O–H groups in total. The van der Waals surface area contributed by atoms with Gasteiger partial charge in [-0.1, -0.05) is 6.07 Å². The Bertz CT molecular complexity index is 592. The summed E-state index contributed by atoms with van der Waals surface area (Å²) in [5.41, 5.74) is 4.18. The first-order valence-electron chi connectivity index (χ1n) is 7.68. The monoisotopic (exact) mass is 271 g/mol. The summed E-state index contributed by atoms with van der Waals surface area (Å²) in [5, 5.41) is 4.82. The van der Waals surface area contributed by atoms with Crippen LogP contribution in [0.25, 0.3) is 10.9 Å². The lowest BCUT2D eigenvalue weighted by molar-refractivity contribution is 0.233. The van der Waals surface area contributed by atoms with Crippen LogP contribution >= 0.6 is 0 Å². The molecule has 2 heterocycles. The van der Waals surface area contributed by atoms with E-state index in [1.165, 1.54) is 22.0 Å². The third-order valence-electron chi connectivity index (χ3n) is 4.27. The first-order chi connectivity index (χ1) is 9.65. The van der Waals surface area contributed by atoms with Gasteiger partial charge in [0.2, 0.25) is 0 Å². The van der Waals surface area contributed by atoms with E-state index in [9.17, 15) is 0 Å². The van der Waals surface area contributed by atoms with E-state index >= 15 is 0 Å². The molecule has 0 amide bonds. The van der Waals surface area contributed by atoms with Crippen LogP contribution in [0.5, 0.6) is 0 Å². The van der Waals surface area contributed by atoms with Crippen molar-refractivity contribution in [2.45, 2.75) is 33.4 Å². The van der Waals surface area contributed by atoms with Crippen molar-refractivity contribution in [3.05, 3.63) is 35.5 Å². The van der Waals surface area contributed by atoms with E-state index in [2.05, 4.69) is 60.0 Å². The Balaban J connectivity index is 1.88. The molecule has 1 aromatic carbocycles. The lowest BCUT2D eigenvalue weighted by Crippen LogP contribution is -2.42. The molecule has 0 aliphatic carbocycles. The number of aromatic nitrogens is 1. The van der Waals surface area contributed by atoms with Crippen molar-refractivity contribution in [3.8, 4) is 0 Å². The summed E-state index contributed by atoms with van der Waals surface area (Å²) < 4.78 is 2.37. The minimum Gasteiger partial charge on any atom is -0.345 e. The molecule has 0 spiro atoms. The highest BCUT2D eigenvalue weighted by molar-refractivity contribution is 5.84. The van der Waals surface area contributed by atoms with Gasteiger partial charge in [0.15, 0.2) is 0 Å². The topological polar surface area (TPSA) is 20.2 Å². The second-order valence-corrected chi connectivity index (χ2v) is 6.19. The first kappa shape index (κ1) is 13.7. The van der Waals surface area contributed by atoms with Crippen LogP contribution in [0.15, 0.2) is 24.4 Å². The number of hydrogen-bond acceptors (Lipinski definition) is 2. The van der Waals surface area contributed by atoms with E-state index < -0.39 is 0 Å². The smallest absolute Gasteiger partial charge is 0.0485 e. The van der Waals surface area contributed by atoms with Gasteiger partial charge in [0.1, 0.15) is 0 Å². The molecule has 0 radical (unpaired) electrons. The summed E-state index contributed by atoms with van der Waals surface area (Å²) in [6.07, 6.45) is 2.28. The quantitative estimate of drug-likeness (QED) is 0.926. The first-order valence-corrected chi connectivity index (χ1v) is 7.68. The molecule has 0 saturated carbocycles. The van der Waals surface area contributed by atoms with E-state index in [1.54, 1.807) is 0 Å². The zero-order valence-corrected chi connectivity index (χ0v) is 12.8. The number of rotatable bonds is 3. The Labute approximate surface area is 121 Å². The minimum absolute atomic E-state index is 0.519. The largest absolute Gasteiger partial charge is 0.345 e. The van der Waals surface area contributed by atoms with Gasteiger partial charge in [0, 0.05) is 55.9 Å². The SMILES string of the molecule is Cc1cn(C(C)C)c2ccc(CN3CCNCC3)cc12. The predicted molar refractivity (Wildman–Crippen MR) is 85.2 cm³/mol. The van der Waals surface area contributed by atoms with E-state index in [4.69, 9.17) is 0 Å². The zero-order chi connectivity index (χ0) is 14.1. The van der Waals surface area contributed by atoms with Gasteiger partial charge < -0.3 is 9.88 Å². The number of hydrogen-bond donors (Lipinski definition) is 1. The number of nitrogens with zero attached hydrogens (tertiary/aromatic N) is 2. The maximum absolute atomic E-state index is 3.41. The van der Waals surface area contributed by atoms with Gasteiger partial charge in [-0.05, 0) is 44.0 Å². The molecule has 1 aromatic heterocycles. The van der Waals surface area contributed by atoms with Gasteiger partial charge in [0.05, 0.1) is 0 Å². The van der Waals surface area contributed by atoms with Crippen LogP contribution in [0.2, 0.25) is 0 Å². The molecule has 1 fully saturated rings. The maximum atomic E-state index is 3.41. The molecule has 2 aromatic rings. The number of aryl methyl sites for hydroxylation is 1. The van der Waals surface area contributed by atoms with Crippen molar-refractivity contribution in [2.75, 3.05) is 26.2 Å². The Morgan fingerprint density at radius 1 is 1.20 bits per heavy atom. The van der Waals surface area contributed by atoms with Crippen molar-refractivity contribution in [1.82, 2.24) is 14.8 Å². The third kappa shape index (κ3) is 2.60. The highest BCUT2D eigenvalue weighted by Crippen LogP contribution is 2.25. The van der Waals surface area contributed by atoms with Crippen LogP contribution in [0.1, 0.15) is 31.0 Å². The van der Waals surface area contributed by atoms with Gasteiger partial charge in [-0.25, -0.2) is 0 Å². The summed E-state index contributed by atoms with van der Waals surface area (Å²) in [6, 6.07) is 7.49. The molecule has 1 aliphatic heterocycles. The molecule has 0 unspecified atom stereocenters. The zero-order valence-electron chi connectivity index (χ0n) is 12.8. The van der Waals surface area contributed by atoms with Crippen molar-refractivity contribution >= 4 is 10.9 Å². The van der Waals surface area contributed by atoms with Crippen LogP contribution < -0.4 is 5.32 Å². The van der Waals surface area contributed by atoms with Crippen molar-refractivity contribution in [1.29, 1.82) is 0 Å². The molecule has 20 heavy (non-hydrogen) atoms. The van der Waals surface area contributed by atoms with Crippen LogP contribution in [0.4, 0.5) is 0 Å². The van der Waals surface area contributed by atoms with Gasteiger partial charge in [-0.2, -0.15) is 0 Å². The Kier molecular flexibility index (Phi) is 3.81. The van der Waals surface area contributed by atoms with E-state index in [-0.39, 0.29) is 0 Å². The van der Waals surface area contributed by atoms with E-state index in [1.807, 2.05) is 0 Å². The normalized spacial score (nSPS) is 17.2. The fourth-order valence-corrected chi connectivity index (χ4v) is 3.12. The van der Waals surface area contributed by atoms with Crippen LogP contribution in [0, 0.1) is 6.92 Å². The summed E-state index contributed by atoms with van der Waals surface area (Å²) in [6.45, 7) is 12.3. The molecular weight excluding hydrogens is 246 g/mol. The molecular formula is C17H25N3. The summed E-state index contributed by atoms with van der Waals surface area (Å²) in [7, 11) is 0. The van der Waals surface area contributed by atoms with Crippen LogP contribution in [0.3, 0.4) is 0 Å². The third-order valence-corrected chi connectivity index (χ3v) is 4.27. The average molecular weight is 271 g/mol. The predicted octanol–water partition coefficient (Wildman–Crippen LogP) is 2.94. The lowest BCUT2D eigenvalue weighted by atomic mass is 10.1. The van der Waals surface area contributed by atoms with Crippen molar-refractivity contribution in [2.24, 2.45) is 0 Å². The summed E-state index contributed by atoms with van der Waals surface area (Å²) in [5.74, 6) is 0.